The van der Waals surface area contributed by atoms with Crippen molar-refractivity contribution in [1.82, 2.24) is 14.6 Å². The standard InChI is InChI=1S/C8H11N5/c1-12(2)7-5-3-4-6-10-8(9)11-13(6)7/h3-5H,1-2H3,(H2,9,11). The number of rotatable bonds is 1. The van der Waals surface area contributed by atoms with Gasteiger partial charge in [-0.2, -0.15) is 9.50 Å². The van der Waals surface area contributed by atoms with Crippen molar-refractivity contribution < 1.29 is 0 Å². The van der Waals surface area contributed by atoms with E-state index in [0.717, 1.165) is 11.5 Å². The van der Waals surface area contributed by atoms with Gasteiger partial charge in [-0.05, 0) is 12.1 Å². The molecular weight excluding hydrogens is 166 g/mol. The first-order valence-electron chi connectivity index (χ1n) is 3.97. The minimum atomic E-state index is 0.300. The molecule has 0 amide bonds. The van der Waals surface area contributed by atoms with E-state index in [1.807, 2.05) is 37.2 Å². The van der Waals surface area contributed by atoms with E-state index in [1.165, 1.54) is 0 Å². The number of aromatic nitrogens is 3. The van der Waals surface area contributed by atoms with Gasteiger partial charge in [-0.3, -0.25) is 0 Å². The molecule has 0 spiro atoms. The van der Waals surface area contributed by atoms with E-state index >= 15 is 0 Å². The van der Waals surface area contributed by atoms with Gasteiger partial charge in [-0.15, -0.1) is 5.10 Å². The highest BCUT2D eigenvalue weighted by Crippen LogP contribution is 2.13. The Balaban J connectivity index is 2.75. The Morgan fingerprint density at radius 1 is 1.38 bits per heavy atom. The van der Waals surface area contributed by atoms with Crippen molar-refractivity contribution in [3.63, 3.8) is 0 Å². The molecule has 0 aliphatic rings. The summed E-state index contributed by atoms with van der Waals surface area (Å²) in [5, 5.41) is 4.08. The molecule has 5 heteroatoms. The van der Waals surface area contributed by atoms with Crippen molar-refractivity contribution in [2.75, 3.05) is 24.7 Å². The zero-order chi connectivity index (χ0) is 9.42. The molecule has 0 fully saturated rings. The van der Waals surface area contributed by atoms with Crippen molar-refractivity contribution in [3.8, 4) is 0 Å². The highest BCUT2D eigenvalue weighted by molar-refractivity contribution is 5.51. The average Bonchev–Trinajstić information content (AvgIpc) is 2.43. The van der Waals surface area contributed by atoms with Crippen LogP contribution in [0.3, 0.4) is 0 Å². The van der Waals surface area contributed by atoms with Crippen LogP contribution in [0.15, 0.2) is 18.2 Å². The van der Waals surface area contributed by atoms with Crippen LogP contribution in [0, 0.1) is 0 Å². The third-order valence-corrected chi connectivity index (χ3v) is 1.81. The lowest BCUT2D eigenvalue weighted by Gasteiger charge is -2.12. The second-order valence-electron chi connectivity index (χ2n) is 3.02. The number of nitrogens with two attached hydrogens (primary N) is 1. The van der Waals surface area contributed by atoms with Crippen molar-refractivity contribution in [1.29, 1.82) is 0 Å². The van der Waals surface area contributed by atoms with E-state index in [4.69, 9.17) is 5.73 Å². The molecule has 0 saturated carbocycles. The average molecular weight is 177 g/mol. The van der Waals surface area contributed by atoms with Gasteiger partial charge in [0.05, 0.1) is 0 Å². The Hall–Kier alpha value is -1.78. The largest absolute Gasteiger partial charge is 0.366 e. The molecule has 68 valence electrons. The lowest BCUT2D eigenvalue weighted by atomic mass is 10.4. The monoisotopic (exact) mass is 177 g/mol. The molecule has 0 atom stereocenters. The number of nitrogens with zero attached hydrogens (tertiary/aromatic N) is 4. The van der Waals surface area contributed by atoms with Gasteiger partial charge in [0.25, 0.3) is 0 Å². The number of fused-ring (bicyclic) bond motifs is 1. The van der Waals surface area contributed by atoms with Crippen LogP contribution in [0.25, 0.3) is 5.65 Å². The normalized spacial score (nSPS) is 10.6. The highest BCUT2D eigenvalue weighted by atomic mass is 15.4. The Kier molecular flexibility index (Phi) is 1.58. The predicted molar refractivity (Wildman–Crippen MR) is 51.7 cm³/mol. The molecule has 0 aliphatic carbocycles. The van der Waals surface area contributed by atoms with E-state index < -0.39 is 0 Å². The first-order valence-corrected chi connectivity index (χ1v) is 3.97. The van der Waals surface area contributed by atoms with Gasteiger partial charge in [0.1, 0.15) is 5.82 Å². The van der Waals surface area contributed by atoms with Crippen molar-refractivity contribution in [3.05, 3.63) is 18.2 Å². The maximum Gasteiger partial charge on any atom is 0.240 e. The lowest BCUT2D eigenvalue weighted by molar-refractivity contribution is 0.917. The van der Waals surface area contributed by atoms with Crippen LogP contribution in [0.4, 0.5) is 11.8 Å². The molecule has 2 aromatic rings. The smallest absolute Gasteiger partial charge is 0.240 e. The van der Waals surface area contributed by atoms with E-state index in [2.05, 4.69) is 10.1 Å². The Labute approximate surface area is 75.8 Å². The second kappa shape index (κ2) is 2.62. The zero-order valence-electron chi connectivity index (χ0n) is 7.60. The fourth-order valence-electron chi connectivity index (χ4n) is 1.25. The number of hydrogen-bond acceptors (Lipinski definition) is 4. The van der Waals surface area contributed by atoms with Crippen LogP contribution in [-0.2, 0) is 0 Å². The third kappa shape index (κ3) is 1.18. The fourth-order valence-corrected chi connectivity index (χ4v) is 1.25. The maximum atomic E-state index is 5.50. The summed E-state index contributed by atoms with van der Waals surface area (Å²) < 4.78 is 1.72. The minimum Gasteiger partial charge on any atom is -0.366 e. The Morgan fingerprint density at radius 3 is 2.85 bits per heavy atom. The van der Waals surface area contributed by atoms with Crippen molar-refractivity contribution >= 4 is 17.4 Å². The predicted octanol–water partition coefficient (Wildman–Crippen LogP) is 0.377. The lowest BCUT2D eigenvalue weighted by Crippen LogP contribution is -2.13. The molecule has 2 heterocycles. The first-order chi connectivity index (χ1) is 6.18. The van der Waals surface area contributed by atoms with Gasteiger partial charge < -0.3 is 10.6 Å². The van der Waals surface area contributed by atoms with Gasteiger partial charge in [-0.1, -0.05) is 6.07 Å². The molecular formula is C8H11N5. The topological polar surface area (TPSA) is 59.5 Å². The molecule has 2 aromatic heterocycles. The quantitative estimate of drug-likeness (QED) is 0.684. The summed E-state index contributed by atoms with van der Waals surface area (Å²) in [5.74, 6) is 1.26. The fraction of sp³-hybridized carbons (Fsp3) is 0.250. The van der Waals surface area contributed by atoms with Crippen LogP contribution in [-0.4, -0.2) is 28.7 Å². The molecule has 0 unspecified atom stereocenters. The summed E-state index contributed by atoms with van der Waals surface area (Å²) in [6.45, 7) is 0. The molecule has 0 bridgehead atoms. The minimum absolute atomic E-state index is 0.300. The van der Waals surface area contributed by atoms with Crippen molar-refractivity contribution in [2.24, 2.45) is 0 Å². The number of hydrogen-bond donors (Lipinski definition) is 1. The maximum absolute atomic E-state index is 5.50. The molecule has 0 saturated heterocycles. The van der Waals surface area contributed by atoms with Gasteiger partial charge in [0, 0.05) is 14.1 Å². The number of anilines is 2. The Morgan fingerprint density at radius 2 is 2.15 bits per heavy atom. The molecule has 0 aromatic carbocycles. The molecule has 0 radical (unpaired) electrons. The number of pyridine rings is 1. The summed E-state index contributed by atoms with van der Waals surface area (Å²) in [6, 6.07) is 5.76. The third-order valence-electron chi connectivity index (χ3n) is 1.81. The van der Waals surface area contributed by atoms with Crippen LogP contribution in [0.2, 0.25) is 0 Å². The number of nitrogen functional groups attached to an aromatic ring is 1. The van der Waals surface area contributed by atoms with E-state index in [-0.39, 0.29) is 0 Å². The Bertz CT molecular complexity index is 431. The summed E-state index contributed by atoms with van der Waals surface area (Å²) in [4.78, 5) is 6.02. The van der Waals surface area contributed by atoms with E-state index in [0.29, 0.717) is 5.95 Å². The van der Waals surface area contributed by atoms with Crippen molar-refractivity contribution in [2.45, 2.75) is 0 Å². The second-order valence-corrected chi connectivity index (χ2v) is 3.02. The molecule has 5 nitrogen and oxygen atoms in total. The summed E-state index contributed by atoms with van der Waals surface area (Å²) in [7, 11) is 3.90. The molecule has 0 aliphatic heterocycles. The van der Waals surface area contributed by atoms with Crippen LogP contribution in [0.5, 0.6) is 0 Å². The SMILES string of the molecule is CN(C)c1cccc2nc(N)nn12. The summed E-state index contributed by atoms with van der Waals surface area (Å²) >= 11 is 0. The summed E-state index contributed by atoms with van der Waals surface area (Å²) in [6.07, 6.45) is 0. The van der Waals surface area contributed by atoms with Gasteiger partial charge in [0.15, 0.2) is 5.65 Å². The molecule has 2 N–H and O–H groups in total. The van der Waals surface area contributed by atoms with Crippen LogP contribution < -0.4 is 10.6 Å². The van der Waals surface area contributed by atoms with Gasteiger partial charge >= 0.3 is 0 Å². The van der Waals surface area contributed by atoms with Gasteiger partial charge in [0.2, 0.25) is 5.95 Å². The van der Waals surface area contributed by atoms with Crippen LogP contribution >= 0.6 is 0 Å². The first kappa shape index (κ1) is 7.85. The van der Waals surface area contributed by atoms with Gasteiger partial charge in [-0.25, -0.2) is 0 Å². The highest BCUT2D eigenvalue weighted by Gasteiger charge is 2.04. The van der Waals surface area contributed by atoms with E-state index in [9.17, 15) is 0 Å². The molecule has 13 heavy (non-hydrogen) atoms. The summed E-state index contributed by atoms with van der Waals surface area (Å²) in [5.41, 5.74) is 6.27. The zero-order valence-corrected chi connectivity index (χ0v) is 7.60. The molecule has 2 rings (SSSR count). The van der Waals surface area contributed by atoms with Crippen LogP contribution in [0.1, 0.15) is 0 Å². The van der Waals surface area contributed by atoms with E-state index in [1.54, 1.807) is 4.52 Å².